The normalized spacial score (nSPS) is 12.9. The number of nitrogens with zero attached hydrogens (tertiary/aromatic N) is 1. The van der Waals surface area contributed by atoms with Crippen molar-refractivity contribution in [2.24, 2.45) is 0 Å². The van der Waals surface area contributed by atoms with Gasteiger partial charge in [-0.3, -0.25) is 9.69 Å². The van der Waals surface area contributed by atoms with Gasteiger partial charge in [-0.2, -0.15) is 0 Å². The number of ether oxygens (including phenoxy) is 2. The Labute approximate surface area is 203 Å². The summed E-state index contributed by atoms with van der Waals surface area (Å²) in [6.07, 6.45) is 0.735. The highest BCUT2D eigenvalue weighted by molar-refractivity contribution is 7.17. The lowest BCUT2D eigenvalue weighted by Gasteiger charge is -2.27. The number of aryl methyl sites for hydroxylation is 1. The Morgan fingerprint density at radius 1 is 1.09 bits per heavy atom. The number of amides is 1. The van der Waals surface area contributed by atoms with Crippen molar-refractivity contribution in [1.82, 2.24) is 4.90 Å². The minimum Gasteiger partial charge on any atom is -0.483 e. The van der Waals surface area contributed by atoms with E-state index >= 15 is 0 Å². The van der Waals surface area contributed by atoms with Gasteiger partial charge in [0.05, 0.1) is 12.7 Å². The summed E-state index contributed by atoms with van der Waals surface area (Å²) in [6, 6.07) is 17.9. The number of benzene rings is 2. The summed E-state index contributed by atoms with van der Waals surface area (Å²) < 4.78 is 10.7. The topological polar surface area (TPSA) is 67.9 Å². The molecule has 1 aliphatic heterocycles. The molecule has 1 amide bonds. The lowest BCUT2D eigenvalue weighted by molar-refractivity contribution is -0.118. The van der Waals surface area contributed by atoms with Crippen molar-refractivity contribution in [2.45, 2.75) is 26.4 Å². The molecule has 6 nitrogen and oxygen atoms in total. The molecule has 1 aliphatic rings. The van der Waals surface area contributed by atoms with E-state index in [1.54, 1.807) is 0 Å². The van der Waals surface area contributed by atoms with Crippen molar-refractivity contribution in [3.8, 4) is 5.75 Å². The van der Waals surface area contributed by atoms with Gasteiger partial charge in [-0.15, -0.1) is 23.7 Å². The molecule has 0 fully saturated rings. The number of carbonyl (C=O) groups excluding carboxylic acids is 2. The summed E-state index contributed by atoms with van der Waals surface area (Å²) in [7, 11) is 1.36. The molecule has 0 saturated heterocycles. The average molecular weight is 487 g/mol. The first kappa shape index (κ1) is 24.8. The highest BCUT2D eigenvalue weighted by Gasteiger charge is 2.29. The molecule has 174 valence electrons. The Balaban J connectivity index is 0.00000306. The molecule has 0 saturated carbocycles. The van der Waals surface area contributed by atoms with Crippen LogP contribution in [0.15, 0.2) is 54.6 Å². The molecule has 2 aromatic carbocycles. The van der Waals surface area contributed by atoms with Gasteiger partial charge in [0.1, 0.15) is 10.8 Å². The minimum atomic E-state index is -0.422. The fourth-order valence-corrected chi connectivity index (χ4v) is 5.16. The second-order valence-electron chi connectivity index (χ2n) is 7.75. The van der Waals surface area contributed by atoms with Crippen molar-refractivity contribution in [2.75, 3.05) is 25.6 Å². The molecule has 1 N–H and O–H groups in total. The number of nitrogens with one attached hydrogen (secondary N) is 1. The lowest BCUT2D eigenvalue weighted by Crippen LogP contribution is -2.29. The minimum absolute atomic E-state index is 0. The number of carbonyl (C=O) groups is 2. The van der Waals surface area contributed by atoms with Crippen LogP contribution in [0.1, 0.15) is 31.9 Å². The quantitative estimate of drug-likeness (QED) is 0.484. The summed E-state index contributed by atoms with van der Waals surface area (Å²) in [5, 5.41) is 3.40. The summed E-state index contributed by atoms with van der Waals surface area (Å²) in [5.41, 5.74) is 3.65. The Bertz CT molecular complexity index is 1120. The number of fused-ring (bicyclic) bond motifs is 1. The Kier molecular flexibility index (Phi) is 8.49. The number of halogens is 1. The predicted molar refractivity (Wildman–Crippen MR) is 132 cm³/mol. The fourth-order valence-electron chi connectivity index (χ4n) is 3.86. The van der Waals surface area contributed by atoms with E-state index in [-0.39, 0.29) is 24.9 Å². The largest absolute Gasteiger partial charge is 0.483 e. The molecule has 33 heavy (non-hydrogen) atoms. The zero-order valence-electron chi connectivity index (χ0n) is 18.6. The number of esters is 1. The summed E-state index contributed by atoms with van der Waals surface area (Å²) >= 11 is 1.44. The average Bonchev–Trinajstić information content (AvgIpc) is 3.15. The van der Waals surface area contributed by atoms with Crippen molar-refractivity contribution in [1.29, 1.82) is 0 Å². The van der Waals surface area contributed by atoms with E-state index in [4.69, 9.17) is 9.47 Å². The van der Waals surface area contributed by atoms with Gasteiger partial charge in [0.2, 0.25) is 0 Å². The van der Waals surface area contributed by atoms with Crippen molar-refractivity contribution in [3.63, 3.8) is 0 Å². The van der Waals surface area contributed by atoms with E-state index in [9.17, 15) is 9.59 Å². The van der Waals surface area contributed by atoms with Crippen LogP contribution < -0.4 is 10.1 Å². The first-order valence-electron chi connectivity index (χ1n) is 10.5. The van der Waals surface area contributed by atoms with Crippen LogP contribution in [-0.4, -0.2) is 37.0 Å². The fraction of sp³-hybridized carbons (Fsp3) is 0.280. The number of thiophene rings is 1. The zero-order chi connectivity index (χ0) is 22.5. The van der Waals surface area contributed by atoms with Crippen molar-refractivity contribution < 1.29 is 19.1 Å². The van der Waals surface area contributed by atoms with Crippen molar-refractivity contribution >= 4 is 40.6 Å². The van der Waals surface area contributed by atoms with E-state index in [1.165, 1.54) is 24.0 Å². The van der Waals surface area contributed by atoms with Crippen LogP contribution in [0.4, 0.5) is 5.00 Å². The van der Waals surface area contributed by atoms with Crippen LogP contribution in [0.2, 0.25) is 0 Å². The molecule has 1 aromatic heterocycles. The standard InChI is InChI=1S/C25H26N2O4S.ClH/c1-17-8-6-7-11-20(17)31-16-22(28)26-24-23(25(29)30-2)19-12-13-27(15-21(19)32-24)14-18-9-4-3-5-10-18;/h3-11H,12-16H2,1-2H3,(H,26,28);1H. The highest BCUT2D eigenvalue weighted by atomic mass is 35.5. The molecule has 0 atom stereocenters. The Morgan fingerprint density at radius 2 is 1.82 bits per heavy atom. The molecular formula is C25H27ClN2O4S. The van der Waals surface area contributed by atoms with E-state index in [0.717, 1.165) is 42.1 Å². The van der Waals surface area contributed by atoms with Crippen LogP contribution in [0.5, 0.6) is 5.75 Å². The van der Waals surface area contributed by atoms with Crippen LogP contribution in [-0.2, 0) is 29.0 Å². The first-order valence-corrected chi connectivity index (χ1v) is 11.3. The van der Waals surface area contributed by atoms with E-state index < -0.39 is 5.97 Å². The third kappa shape index (κ3) is 5.93. The van der Waals surface area contributed by atoms with Gasteiger partial charge in [-0.1, -0.05) is 48.5 Å². The number of hydrogen-bond acceptors (Lipinski definition) is 6. The number of para-hydroxylation sites is 1. The van der Waals surface area contributed by atoms with Gasteiger partial charge in [0.25, 0.3) is 5.91 Å². The molecule has 0 aliphatic carbocycles. The molecule has 4 rings (SSSR count). The lowest BCUT2D eigenvalue weighted by atomic mass is 10.0. The molecule has 2 heterocycles. The van der Waals surface area contributed by atoms with Gasteiger partial charge >= 0.3 is 5.97 Å². The molecule has 8 heteroatoms. The maximum absolute atomic E-state index is 12.6. The summed E-state index contributed by atoms with van der Waals surface area (Å²) in [4.78, 5) is 28.6. The number of hydrogen-bond donors (Lipinski definition) is 1. The molecule has 3 aromatic rings. The van der Waals surface area contributed by atoms with Crippen LogP contribution in [0.3, 0.4) is 0 Å². The Hall–Kier alpha value is -2.87. The summed E-state index contributed by atoms with van der Waals surface area (Å²) in [6.45, 7) is 4.21. The van der Waals surface area contributed by atoms with Crippen molar-refractivity contribution in [3.05, 3.63) is 81.7 Å². The van der Waals surface area contributed by atoms with E-state index in [1.807, 2.05) is 49.4 Å². The molecule has 0 radical (unpaired) electrons. The SMILES string of the molecule is COC(=O)c1c(NC(=O)COc2ccccc2C)sc2c1CCN(Cc1ccccc1)C2.Cl. The van der Waals surface area contributed by atoms with Gasteiger partial charge in [0, 0.05) is 24.5 Å². The second kappa shape index (κ2) is 11.3. The second-order valence-corrected chi connectivity index (χ2v) is 8.85. The zero-order valence-corrected chi connectivity index (χ0v) is 20.3. The number of rotatable bonds is 7. The molecule has 0 unspecified atom stereocenters. The third-order valence-corrected chi connectivity index (χ3v) is 6.61. The Morgan fingerprint density at radius 3 is 2.55 bits per heavy atom. The smallest absolute Gasteiger partial charge is 0.341 e. The van der Waals surface area contributed by atoms with Gasteiger partial charge < -0.3 is 14.8 Å². The maximum Gasteiger partial charge on any atom is 0.341 e. The van der Waals surface area contributed by atoms with Gasteiger partial charge in [-0.05, 0) is 36.1 Å². The van der Waals surface area contributed by atoms with Crippen LogP contribution in [0, 0.1) is 6.92 Å². The van der Waals surface area contributed by atoms with Crippen LogP contribution in [0.25, 0.3) is 0 Å². The monoisotopic (exact) mass is 486 g/mol. The third-order valence-electron chi connectivity index (χ3n) is 5.48. The summed E-state index contributed by atoms with van der Waals surface area (Å²) in [5.74, 6) is -0.0647. The number of methoxy groups -OCH3 is 1. The van der Waals surface area contributed by atoms with Gasteiger partial charge in [-0.25, -0.2) is 4.79 Å². The van der Waals surface area contributed by atoms with E-state index in [0.29, 0.717) is 16.3 Å². The van der Waals surface area contributed by atoms with E-state index in [2.05, 4.69) is 22.3 Å². The highest BCUT2D eigenvalue weighted by Crippen LogP contribution is 2.38. The predicted octanol–water partition coefficient (Wildman–Crippen LogP) is 4.84. The maximum atomic E-state index is 12.6. The molecule has 0 bridgehead atoms. The molecule has 0 spiro atoms. The first-order chi connectivity index (χ1) is 15.5. The molecular weight excluding hydrogens is 460 g/mol. The van der Waals surface area contributed by atoms with Crippen LogP contribution >= 0.6 is 23.7 Å². The van der Waals surface area contributed by atoms with Gasteiger partial charge in [0.15, 0.2) is 6.61 Å². The number of anilines is 1.